The Labute approximate surface area is 98.3 Å². The van der Waals surface area contributed by atoms with Gasteiger partial charge in [0.2, 0.25) is 5.91 Å². The second kappa shape index (κ2) is 6.35. The molecule has 0 aliphatic carbocycles. The zero-order chi connectivity index (χ0) is 12.8. The Balaban J connectivity index is 4.27. The number of guanidine groups is 1. The molecule has 0 unspecified atom stereocenters. The molecule has 0 atom stereocenters. The van der Waals surface area contributed by atoms with Gasteiger partial charge in [-0.15, -0.1) is 0 Å². The summed E-state index contributed by atoms with van der Waals surface area (Å²) in [5.41, 5.74) is -0.205. The molecular weight excluding hydrogens is 204 g/mol. The second-order valence-corrected chi connectivity index (χ2v) is 4.86. The lowest BCUT2D eigenvalue weighted by Gasteiger charge is -2.20. The first kappa shape index (κ1) is 14.7. The van der Waals surface area contributed by atoms with Gasteiger partial charge < -0.3 is 15.5 Å². The quantitative estimate of drug-likeness (QED) is 0.544. The van der Waals surface area contributed by atoms with Crippen LogP contribution in [0, 0.1) is 0 Å². The molecule has 5 nitrogen and oxygen atoms in total. The third kappa shape index (κ3) is 7.09. The van der Waals surface area contributed by atoms with Gasteiger partial charge in [0, 0.05) is 26.2 Å². The Kier molecular flexibility index (Phi) is 5.85. The molecule has 0 aromatic heterocycles. The van der Waals surface area contributed by atoms with Gasteiger partial charge in [-0.2, -0.15) is 0 Å². The summed E-state index contributed by atoms with van der Waals surface area (Å²) in [5.74, 6) is 0.663. The molecule has 0 fully saturated rings. The summed E-state index contributed by atoms with van der Waals surface area (Å²) < 4.78 is 0. The van der Waals surface area contributed by atoms with Crippen molar-refractivity contribution in [2.45, 2.75) is 33.2 Å². The van der Waals surface area contributed by atoms with Gasteiger partial charge in [0.1, 0.15) is 6.54 Å². The molecule has 94 valence electrons. The molecule has 0 heterocycles. The summed E-state index contributed by atoms with van der Waals surface area (Å²) in [6.45, 7) is 8.78. The topological polar surface area (TPSA) is 56.7 Å². The minimum absolute atomic E-state index is 0.0650. The number of carbonyl (C=O) groups excluding carboxylic acids is 1. The molecule has 16 heavy (non-hydrogen) atoms. The van der Waals surface area contributed by atoms with Gasteiger partial charge >= 0.3 is 0 Å². The van der Waals surface area contributed by atoms with E-state index in [2.05, 4.69) is 15.6 Å². The Bertz CT molecular complexity index is 253. The predicted octanol–water partition coefficient (Wildman–Crippen LogP) is 0.428. The van der Waals surface area contributed by atoms with Gasteiger partial charge in [-0.1, -0.05) is 0 Å². The van der Waals surface area contributed by atoms with Crippen LogP contribution < -0.4 is 10.6 Å². The van der Waals surface area contributed by atoms with Crippen LogP contribution in [0.2, 0.25) is 0 Å². The monoisotopic (exact) mass is 228 g/mol. The summed E-state index contributed by atoms with van der Waals surface area (Å²) in [6.07, 6.45) is 0. The van der Waals surface area contributed by atoms with Crippen LogP contribution in [0.1, 0.15) is 27.7 Å². The minimum atomic E-state index is -0.205. The van der Waals surface area contributed by atoms with E-state index in [4.69, 9.17) is 0 Å². The number of nitrogens with one attached hydrogen (secondary N) is 2. The van der Waals surface area contributed by atoms with E-state index < -0.39 is 0 Å². The van der Waals surface area contributed by atoms with Crippen molar-refractivity contribution in [1.29, 1.82) is 0 Å². The molecule has 0 saturated heterocycles. The molecule has 5 heteroatoms. The number of aliphatic imine (C=N–C) groups is 1. The summed E-state index contributed by atoms with van der Waals surface area (Å²) in [6, 6.07) is 0. The van der Waals surface area contributed by atoms with Gasteiger partial charge in [-0.3, -0.25) is 4.79 Å². The normalized spacial score (nSPS) is 12.2. The first-order chi connectivity index (χ1) is 7.26. The lowest BCUT2D eigenvalue weighted by Crippen LogP contribution is -2.43. The minimum Gasteiger partial charge on any atom is -0.357 e. The first-order valence-electron chi connectivity index (χ1n) is 5.53. The van der Waals surface area contributed by atoms with E-state index in [0.717, 1.165) is 12.5 Å². The molecule has 0 radical (unpaired) electrons. The number of hydrogen-bond acceptors (Lipinski definition) is 2. The molecule has 0 saturated carbocycles. The van der Waals surface area contributed by atoms with Gasteiger partial charge in [0.15, 0.2) is 5.96 Å². The van der Waals surface area contributed by atoms with Crippen molar-refractivity contribution in [3.05, 3.63) is 0 Å². The van der Waals surface area contributed by atoms with Gasteiger partial charge in [0.25, 0.3) is 0 Å². The number of rotatable bonds is 3. The Morgan fingerprint density at radius 2 is 1.88 bits per heavy atom. The molecule has 0 bridgehead atoms. The van der Waals surface area contributed by atoms with E-state index in [1.165, 1.54) is 0 Å². The Morgan fingerprint density at radius 1 is 1.31 bits per heavy atom. The van der Waals surface area contributed by atoms with E-state index in [9.17, 15) is 4.79 Å². The predicted molar refractivity (Wildman–Crippen MR) is 67.6 cm³/mol. The van der Waals surface area contributed by atoms with E-state index in [-0.39, 0.29) is 18.0 Å². The number of amides is 1. The lowest BCUT2D eigenvalue weighted by molar-refractivity contribution is -0.121. The fourth-order valence-corrected chi connectivity index (χ4v) is 1.12. The average molecular weight is 228 g/mol. The molecule has 0 aromatic rings. The van der Waals surface area contributed by atoms with Crippen molar-refractivity contribution in [3.8, 4) is 0 Å². The summed E-state index contributed by atoms with van der Waals surface area (Å²) in [7, 11) is 3.78. The van der Waals surface area contributed by atoms with E-state index >= 15 is 0 Å². The molecule has 0 aromatic carbocycles. The van der Waals surface area contributed by atoms with Gasteiger partial charge in [-0.05, 0) is 27.7 Å². The number of carbonyl (C=O) groups is 1. The lowest BCUT2D eigenvalue weighted by atomic mass is 10.1. The second-order valence-electron chi connectivity index (χ2n) is 4.86. The molecule has 0 rings (SSSR count). The maximum atomic E-state index is 11.5. The van der Waals surface area contributed by atoms with E-state index in [1.807, 2.05) is 46.7 Å². The van der Waals surface area contributed by atoms with Crippen molar-refractivity contribution in [2.24, 2.45) is 4.99 Å². The first-order valence-corrected chi connectivity index (χ1v) is 5.53. The zero-order valence-corrected chi connectivity index (χ0v) is 11.2. The maximum Gasteiger partial charge on any atom is 0.242 e. The molecule has 0 aliphatic rings. The van der Waals surface area contributed by atoms with Crippen LogP contribution in [0.4, 0.5) is 0 Å². The summed E-state index contributed by atoms with van der Waals surface area (Å²) in [5, 5.41) is 5.96. The van der Waals surface area contributed by atoms with Gasteiger partial charge in [-0.25, -0.2) is 4.99 Å². The van der Waals surface area contributed by atoms with Crippen LogP contribution in [-0.4, -0.2) is 49.5 Å². The average Bonchev–Trinajstić information content (AvgIpc) is 2.08. The third-order valence-electron chi connectivity index (χ3n) is 1.65. The SMILES string of the molecule is CCNC(=NCC(=O)NC(C)(C)C)N(C)C. The highest BCUT2D eigenvalue weighted by Crippen LogP contribution is 1.97. The van der Waals surface area contributed by atoms with E-state index in [1.54, 1.807) is 0 Å². The van der Waals surface area contributed by atoms with Crippen molar-refractivity contribution in [1.82, 2.24) is 15.5 Å². The molecule has 0 spiro atoms. The molecular formula is C11H24N4O. The fourth-order valence-electron chi connectivity index (χ4n) is 1.12. The van der Waals surface area contributed by atoms with Crippen LogP contribution in [0.3, 0.4) is 0 Å². The molecule has 0 aliphatic heterocycles. The van der Waals surface area contributed by atoms with Crippen molar-refractivity contribution in [2.75, 3.05) is 27.2 Å². The largest absolute Gasteiger partial charge is 0.357 e. The third-order valence-corrected chi connectivity index (χ3v) is 1.65. The fraction of sp³-hybridized carbons (Fsp3) is 0.818. The highest BCUT2D eigenvalue weighted by atomic mass is 16.2. The van der Waals surface area contributed by atoms with Crippen molar-refractivity contribution in [3.63, 3.8) is 0 Å². The van der Waals surface area contributed by atoms with Crippen molar-refractivity contribution < 1.29 is 4.79 Å². The smallest absolute Gasteiger partial charge is 0.242 e. The summed E-state index contributed by atoms with van der Waals surface area (Å²) in [4.78, 5) is 17.6. The van der Waals surface area contributed by atoms with Crippen molar-refractivity contribution >= 4 is 11.9 Å². The number of hydrogen-bond donors (Lipinski definition) is 2. The van der Waals surface area contributed by atoms with Crippen LogP contribution >= 0.6 is 0 Å². The standard InChI is InChI=1S/C11H24N4O/c1-7-12-10(15(5)6)13-8-9(16)14-11(2,3)4/h7-8H2,1-6H3,(H,12,13)(H,14,16). The highest BCUT2D eigenvalue weighted by molar-refractivity contribution is 5.84. The van der Waals surface area contributed by atoms with E-state index in [0.29, 0.717) is 0 Å². The summed E-state index contributed by atoms with van der Waals surface area (Å²) >= 11 is 0. The molecule has 2 N–H and O–H groups in total. The van der Waals surface area contributed by atoms with Crippen LogP contribution in [0.5, 0.6) is 0 Å². The highest BCUT2D eigenvalue weighted by Gasteiger charge is 2.13. The van der Waals surface area contributed by atoms with Crippen LogP contribution in [0.15, 0.2) is 4.99 Å². The number of nitrogens with zero attached hydrogens (tertiary/aromatic N) is 2. The Morgan fingerprint density at radius 3 is 2.25 bits per heavy atom. The zero-order valence-electron chi connectivity index (χ0n) is 11.2. The molecule has 1 amide bonds. The van der Waals surface area contributed by atoms with Gasteiger partial charge in [0.05, 0.1) is 0 Å². The Hall–Kier alpha value is -1.26. The maximum absolute atomic E-state index is 11.5. The van der Waals surface area contributed by atoms with Crippen LogP contribution in [-0.2, 0) is 4.79 Å². The van der Waals surface area contributed by atoms with Crippen LogP contribution in [0.25, 0.3) is 0 Å².